The fourth-order valence-corrected chi connectivity index (χ4v) is 4.91. The third kappa shape index (κ3) is 4.78. The molecular weight excluding hydrogens is 500 g/mol. The van der Waals surface area contributed by atoms with Crippen molar-refractivity contribution in [3.8, 4) is 5.75 Å². The highest BCUT2D eigenvalue weighted by molar-refractivity contribution is 6.51. The van der Waals surface area contributed by atoms with Crippen LogP contribution in [0.4, 0.5) is 5.69 Å². The number of hydrogen-bond acceptors (Lipinski definition) is 5. The van der Waals surface area contributed by atoms with Gasteiger partial charge in [0, 0.05) is 28.7 Å². The number of ketones is 1. The number of benzene rings is 3. The van der Waals surface area contributed by atoms with Gasteiger partial charge in [-0.1, -0.05) is 41.9 Å². The number of aromatic nitrogens is 1. The maximum atomic E-state index is 13.4. The molecule has 6 nitrogen and oxygen atoms in total. The summed E-state index contributed by atoms with van der Waals surface area (Å²) >= 11 is 6.15. The van der Waals surface area contributed by atoms with E-state index in [9.17, 15) is 14.7 Å². The van der Waals surface area contributed by atoms with Crippen LogP contribution in [0.5, 0.6) is 5.75 Å². The number of aryl methyl sites for hydroxylation is 2. The van der Waals surface area contributed by atoms with Crippen LogP contribution in [0.25, 0.3) is 5.76 Å². The van der Waals surface area contributed by atoms with Gasteiger partial charge in [0.1, 0.15) is 18.1 Å². The normalized spacial score (nSPS) is 16.6. The van der Waals surface area contributed by atoms with Gasteiger partial charge >= 0.3 is 0 Å². The number of pyridine rings is 1. The first-order valence-electron chi connectivity index (χ1n) is 12.1. The van der Waals surface area contributed by atoms with Gasteiger partial charge < -0.3 is 9.84 Å². The van der Waals surface area contributed by atoms with Crippen LogP contribution < -0.4 is 9.64 Å². The molecule has 38 heavy (non-hydrogen) atoms. The number of anilines is 1. The van der Waals surface area contributed by atoms with E-state index < -0.39 is 17.7 Å². The SMILES string of the molecule is Cc1cc(/C(O)=C2\C(=O)C(=O)N(c3ccc(Cl)cc3C)C2c2ccncc2)ccc1OCc1ccccc1. The number of aliphatic hydroxyl groups excluding tert-OH is 1. The van der Waals surface area contributed by atoms with Crippen molar-refractivity contribution in [2.75, 3.05) is 4.90 Å². The van der Waals surface area contributed by atoms with E-state index in [2.05, 4.69) is 4.98 Å². The van der Waals surface area contributed by atoms with E-state index in [1.165, 1.54) is 4.90 Å². The van der Waals surface area contributed by atoms with Crippen LogP contribution >= 0.6 is 11.6 Å². The summed E-state index contributed by atoms with van der Waals surface area (Å²) in [5.41, 5.74) is 4.16. The summed E-state index contributed by atoms with van der Waals surface area (Å²) in [6.07, 6.45) is 3.18. The van der Waals surface area contributed by atoms with Gasteiger partial charge in [-0.05, 0) is 84.6 Å². The quantitative estimate of drug-likeness (QED) is 0.175. The molecule has 1 aliphatic rings. The van der Waals surface area contributed by atoms with Crippen molar-refractivity contribution < 1.29 is 19.4 Å². The van der Waals surface area contributed by atoms with Crippen LogP contribution in [0, 0.1) is 13.8 Å². The molecule has 1 amide bonds. The Morgan fingerprint density at radius 2 is 1.68 bits per heavy atom. The molecule has 3 aromatic carbocycles. The summed E-state index contributed by atoms with van der Waals surface area (Å²) in [5, 5.41) is 12.0. The van der Waals surface area contributed by atoms with Crippen molar-refractivity contribution in [3.63, 3.8) is 0 Å². The predicted molar refractivity (Wildman–Crippen MR) is 147 cm³/mol. The first kappa shape index (κ1) is 25.2. The summed E-state index contributed by atoms with van der Waals surface area (Å²) in [4.78, 5) is 32.3. The lowest BCUT2D eigenvalue weighted by Crippen LogP contribution is -2.30. The summed E-state index contributed by atoms with van der Waals surface area (Å²) < 4.78 is 5.96. The number of halogens is 1. The third-order valence-electron chi connectivity index (χ3n) is 6.57. The Morgan fingerprint density at radius 1 is 0.947 bits per heavy atom. The zero-order chi connectivity index (χ0) is 26.8. The van der Waals surface area contributed by atoms with Crippen LogP contribution in [0.2, 0.25) is 5.02 Å². The Balaban J connectivity index is 1.56. The molecular formula is C31H25ClN2O4. The molecule has 1 saturated heterocycles. The number of amides is 1. The van der Waals surface area contributed by atoms with Gasteiger partial charge in [0.15, 0.2) is 0 Å². The summed E-state index contributed by atoms with van der Waals surface area (Å²) in [7, 11) is 0. The van der Waals surface area contributed by atoms with Crippen LogP contribution in [-0.4, -0.2) is 21.8 Å². The van der Waals surface area contributed by atoms with Crippen LogP contribution in [0.3, 0.4) is 0 Å². The molecule has 1 fully saturated rings. The Bertz CT molecular complexity index is 1550. The van der Waals surface area contributed by atoms with Gasteiger partial charge in [-0.15, -0.1) is 0 Å². The number of Topliss-reactive ketones (excluding diaryl/α,β-unsaturated/α-hetero) is 1. The second-order valence-electron chi connectivity index (χ2n) is 9.14. The maximum Gasteiger partial charge on any atom is 0.300 e. The summed E-state index contributed by atoms with van der Waals surface area (Å²) in [5.74, 6) is -1.08. The molecule has 2 heterocycles. The average molecular weight is 525 g/mol. The lowest BCUT2D eigenvalue weighted by molar-refractivity contribution is -0.132. The number of ether oxygens (including phenoxy) is 1. The van der Waals surface area contributed by atoms with Gasteiger partial charge in [0.25, 0.3) is 11.7 Å². The summed E-state index contributed by atoms with van der Waals surface area (Å²) in [6, 6.07) is 22.7. The zero-order valence-electron chi connectivity index (χ0n) is 20.9. The topological polar surface area (TPSA) is 79.7 Å². The molecule has 1 N–H and O–H groups in total. The maximum absolute atomic E-state index is 13.4. The molecule has 0 saturated carbocycles. The molecule has 190 valence electrons. The third-order valence-corrected chi connectivity index (χ3v) is 6.81. The minimum atomic E-state index is -0.841. The minimum Gasteiger partial charge on any atom is -0.507 e. The fraction of sp³-hybridized carbons (Fsp3) is 0.129. The van der Waals surface area contributed by atoms with Gasteiger partial charge in [-0.3, -0.25) is 19.5 Å². The number of carbonyl (C=O) groups excluding carboxylic acids is 2. The van der Waals surface area contributed by atoms with Crippen molar-refractivity contribution >= 4 is 34.7 Å². The number of aliphatic hydroxyl groups is 1. The van der Waals surface area contributed by atoms with Gasteiger partial charge in [-0.25, -0.2) is 0 Å². The van der Waals surface area contributed by atoms with Gasteiger partial charge in [0.05, 0.1) is 11.6 Å². The van der Waals surface area contributed by atoms with E-state index in [0.29, 0.717) is 34.2 Å². The highest BCUT2D eigenvalue weighted by Gasteiger charge is 2.47. The smallest absolute Gasteiger partial charge is 0.300 e. The molecule has 1 aliphatic heterocycles. The molecule has 1 atom stereocenters. The Morgan fingerprint density at radius 3 is 2.37 bits per heavy atom. The average Bonchev–Trinajstić information content (AvgIpc) is 3.18. The Kier molecular flexibility index (Phi) is 6.99. The first-order chi connectivity index (χ1) is 18.3. The second-order valence-corrected chi connectivity index (χ2v) is 9.57. The van der Waals surface area contributed by atoms with Crippen molar-refractivity contribution in [2.45, 2.75) is 26.5 Å². The molecule has 0 aliphatic carbocycles. The molecule has 0 spiro atoms. The Hall–Kier alpha value is -4.42. The van der Waals surface area contributed by atoms with Crippen molar-refractivity contribution in [3.05, 3.63) is 130 Å². The van der Waals surface area contributed by atoms with E-state index in [1.54, 1.807) is 60.9 Å². The first-order valence-corrected chi connectivity index (χ1v) is 12.5. The van der Waals surface area contributed by atoms with Crippen molar-refractivity contribution in [1.82, 2.24) is 4.98 Å². The number of nitrogens with zero attached hydrogens (tertiary/aromatic N) is 2. The second kappa shape index (κ2) is 10.5. The van der Waals surface area contributed by atoms with Gasteiger partial charge in [0.2, 0.25) is 0 Å². The summed E-state index contributed by atoms with van der Waals surface area (Å²) in [6.45, 7) is 4.09. The number of carbonyl (C=O) groups is 2. The monoisotopic (exact) mass is 524 g/mol. The van der Waals surface area contributed by atoms with Crippen molar-refractivity contribution in [2.24, 2.45) is 0 Å². The highest BCUT2D eigenvalue weighted by atomic mass is 35.5. The zero-order valence-corrected chi connectivity index (χ0v) is 21.6. The molecule has 0 radical (unpaired) electrons. The largest absolute Gasteiger partial charge is 0.507 e. The van der Waals surface area contributed by atoms with Crippen LogP contribution in [-0.2, 0) is 16.2 Å². The predicted octanol–water partition coefficient (Wildman–Crippen LogP) is 6.56. The lowest BCUT2D eigenvalue weighted by Gasteiger charge is -2.26. The van der Waals surface area contributed by atoms with Gasteiger partial charge in [-0.2, -0.15) is 0 Å². The van der Waals surface area contributed by atoms with E-state index in [0.717, 1.165) is 16.7 Å². The Labute approximate surface area is 225 Å². The molecule has 0 bridgehead atoms. The lowest BCUT2D eigenvalue weighted by atomic mass is 9.95. The minimum absolute atomic E-state index is 0.00732. The molecule has 5 rings (SSSR count). The van der Waals surface area contributed by atoms with E-state index in [-0.39, 0.29) is 11.3 Å². The van der Waals surface area contributed by atoms with E-state index >= 15 is 0 Å². The fourth-order valence-electron chi connectivity index (χ4n) is 4.68. The molecule has 1 aromatic heterocycles. The van der Waals surface area contributed by atoms with Crippen LogP contribution in [0.1, 0.15) is 33.9 Å². The van der Waals surface area contributed by atoms with E-state index in [4.69, 9.17) is 16.3 Å². The molecule has 7 heteroatoms. The standard InChI is InChI=1S/C31H25ClN2O4/c1-19-17-24(32)9-10-25(19)34-28(22-12-14-33-15-13-22)27(30(36)31(34)37)29(35)23-8-11-26(20(2)16-23)38-18-21-6-4-3-5-7-21/h3-17,28,35H,18H2,1-2H3/b29-27+. The van der Waals surface area contributed by atoms with E-state index in [1.807, 2.05) is 44.2 Å². The molecule has 1 unspecified atom stereocenters. The van der Waals surface area contributed by atoms with Crippen molar-refractivity contribution in [1.29, 1.82) is 0 Å². The highest BCUT2D eigenvalue weighted by Crippen LogP contribution is 2.43. The number of hydrogen-bond donors (Lipinski definition) is 1. The molecule has 4 aromatic rings. The number of rotatable bonds is 6. The van der Waals surface area contributed by atoms with Crippen LogP contribution in [0.15, 0.2) is 96.8 Å².